The molecule has 4 aliphatic rings. The second-order valence-corrected chi connectivity index (χ2v) is 7.50. The summed E-state index contributed by atoms with van der Waals surface area (Å²) in [7, 11) is 0. The van der Waals surface area contributed by atoms with Crippen molar-refractivity contribution < 1.29 is 18.9 Å². The van der Waals surface area contributed by atoms with Gasteiger partial charge in [-0.25, -0.2) is 0 Å². The second-order valence-electron chi connectivity index (χ2n) is 7.50. The Morgan fingerprint density at radius 1 is 1.00 bits per heavy atom. The summed E-state index contributed by atoms with van der Waals surface area (Å²) in [5, 5.41) is 0. The van der Waals surface area contributed by atoms with Gasteiger partial charge in [-0.2, -0.15) is 0 Å². The minimum absolute atomic E-state index is 0.399. The molecule has 2 bridgehead atoms. The zero-order valence-corrected chi connectivity index (χ0v) is 12.9. The third kappa shape index (κ3) is 3.61. The van der Waals surface area contributed by atoms with Crippen LogP contribution in [0.3, 0.4) is 0 Å². The zero-order chi connectivity index (χ0) is 14.1. The van der Waals surface area contributed by atoms with E-state index in [1.165, 1.54) is 38.5 Å². The van der Waals surface area contributed by atoms with Gasteiger partial charge in [-0.05, 0) is 55.8 Å². The maximum atomic E-state index is 5.81. The van der Waals surface area contributed by atoms with Crippen molar-refractivity contribution in [2.24, 2.45) is 17.3 Å². The minimum Gasteiger partial charge on any atom is -0.379 e. The fourth-order valence-corrected chi connectivity index (χ4v) is 4.61. The lowest BCUT2D eigenvalue weighted by Crippen LogP contribution is -2.28. The number of hydrogen-bond donors (Lipinski definition) is 0. The van der Waals surface area contributed by atoms with Gasteiger partial charge in [-0.15, -0.1) is 0 Å². The van der Waals surface area contributed by atoms with E-state index in [1.54, 1.807) is 0 Å². The van der Waals surface area contributed by atoms with Crippen LogP contribution in [0.25, 0.3) is 0 Å². The Morgan fingerprint density at radius 3 is 2.38 bits per heavy atom. The molecular formula is C17H28O4. The van der Waals surface area contributed by atoms with Crippen molar-refractivity contribution in [1.82, 2.24) is 0 Å². The van der Waals surface area contributed by atoms with Gasteiger partial charge in [0.2, 0.25) is 0 Å². The van der Waals surface area contributed by atoms with Gasteiger partial charge >= 0.3 is 0 Å². The van der Waals surface area contributed by atoms with Gasteiger partial charge in [0.15, 0.2) is 0 Å². The van der Waals surface area contributed by atoms with E-state index in [0.717, 1.165) is 51.5 Å². The molecule has 0 amide bonds. The molecular weight excluding hydrogens is 268 g/mol. The first-order valence-electron chi connectivity index (χ1n) is 8.73. The van der Waals surface area contributed by atoms with E-state index in [4.69, 9.17) is 18.9 Å². The van der Waals surface area contributed by atoms with Crippen LogP contribution >= 0.6 is 0 Å². The number of epoxide rings is 2. The molecule has 4 nitrogen and oxygen atoms in total. The number of fused-ring (bicyclic) bond motifs is 2. The number of ether oxygens (including phenoxy) is 4. The van der Waals surface area contributed by atoms with Gasteiger partial charge < -0.3 is 18.9 Å². The average Bonchev–Trinajstić information content (AvgIpc) is 3.41. The van der Waals surface area contributed by atoms with E-state index in [0.29, 0.717) is 17.6 Å². The lowest BCUT2D eigenvalue weighted by Gasteiger charge is -2.35. The van der Waals surface area contributed by atoms with Crippen molar-refractivity contribution in [3.63, 3.8) is 0 Å². The van der Waals surface area contributed by atoms with Gasteiger partial charge in [-0.3, -0.25) is 0 Å². The van der Waals surface area contributed by atoms with E-state index < -0.39 is 0 Å². The Kier molecular flexibility index (Phi) is 4.23. The highest BCUT2D eigenvalue weighted by molar-refractivity contribution is 5.01. The van der Waals surface area contributed by atoms with Gasteiger partial charge in [0.1, 0.15) is 12.2 Å². The molecule has 5 unspecified atom stereocenters. The SMILES string of the molecule is C(CC1CC2CCC1(CCOCC1CO1)C2)OCC1CO1. The van der Waals surface area contributed by atoms with Crippen molar-refractivity contribution in [2.45, 2.75) is 50.7 Å². The predicted octanol–water partition coefficient (Wildman–Crippen LogP) is 2.40. The number of rotatable bonds is 10. The molecule has 0 aromatic carbocycles. The molecule has 0 N–H and O–H groups in total. The molecule has 4 rings (SSSR count). The van der Waals surface area contributed by atoms with Crippen LogP contribution < -0.4 is 0 Å². The van der Waals surface area contributed by atoms with Crippen molar-refractivity contribution in [1.29, 1.82) is 0 Å². The summed E-state index contributed by atoms with van der Waals surface area (Å²) < 4.78 is 22.0. The van der Waals surface area contributed by atoms with Crippen LogP contribution in [-0.4, -0.2) is 51.8 Å². The monoisotopic (exact) mass is 296 g/mol. The van der Waals surface area contributed by atoms with Gasteiger partial charge in [-0.1, -0.05) is 0 Å². The van der Waals surface area contributed by atoms with Gasteiger partial charge in [0.05, 0.1) is 26.4 Å². The van der Waals surface area contributed by atoms with E-state index in [9.17, 15) is 0 Å². The van der Waals surface area contributed by atoms with Crippen LogP contribution in [0.4, 0.5) is 0 Å². The Bertz CT molecular complexity index is 353. The normalized spacial score (nSPS) is 43.4. The molecule has 2 saturated heterocycles. The van der Waals surface area contributed by atoms with Crippen LogP contribution in [0.15, 0.2) is 0 Å². The summed E-state index contributed by atoms with van der Waals surface area (Å²) in [5.74, 6) is 1.84. The zero-order valence-electron chi connectivity index (χ0n) is 12.9. The predicted molar refractivity (Wildman–Crippen MR) is 78.2 cm³/mol. The average molecular weight is 296 g/mol. The maximum absolute atomic E-state index is 5.81. The van der Waals surface area contributed by atoms with E-state index >= 15 is 0 Å². The second kappa shape index (κ2) is 6.15. The van der Waals surface area contributed by atoms with Crippen molar-refractivity contribution in [3.8, 4) is 0 Å². The molecule has 120 valence electrons. The summed E-state index contributed by atoms with van der Waals surface area (Å²) in [6.07, 6.45) is 8.99. The van der Waals surface area contributed by atoms with E-state index in [-0.39, 0.29) is 0 Å². The van der Waals surface area contributed by atoms with Crippen molar-refractivity contribution in [3.05, 3.63) is 0 Å². The largest absolute Gasteiger partial charge is 0.379 e. The minimum atomic E-state index is 0.399. The molecule has 0 aromatic rings. The van der Waals surface area contributed by atoms with Crippen LogP contribution in [0.5, 0.6) is 0 Å². The smallest absolute Gasteiger partial charge is 0.104 e. The molecule has 2 aliphatic carbocycles. The molecule has 4 heteroatoms. The summed E-state index contributed by atoms with van der Waals surface area (Å²) in [6.45, 7) is 5.23. The first-order valence-corrected chi connectivity index (χ1v) is 8.73. The Balaban J connectivity index is 1.20. The summed E-state index contributed by atoms with van der Waals surface area (Å²) >= 11 is 0. The third-order valence-electron chi connectivity index (χ3n) is 6.00. The fraction of sp³-hybridized carbons (Fsp3) is 1.00. The summed E-state index contributed by atoms with van der Waals surface area (Å²) in [4.78, 5) is 0. The molecule has 4 fully saturated rings. The highest BCUT2D eigenvalue weighted by Gasteiger charge is 2.50. The lowest BCUT2D eigenvalue weighted by atomic mass is 9.71. The Labute approximate surface area is 127 Å². The van der Waals surface area contributed by atoms with Crippen LogP contribution in [0, 0.1) is 17.3 Å². The molecule has 2 heterocycles. The first kappa shape index (κ1) is 14.4. The first-order chi connectivity index (χ1) is 10.3. The molecule has 0 spiro atoms. The summed E-state index contributed by atoms with van der Waals surface area (Å²) in [5.41, 5.74) is 0.564. The lowest BCUT2D eigenvalue weighted by molar-refractivity contribution is 0.0440. The topological polar surface area (TPSA) is 43.5 Å². The van der Waals surface area contributed by atoms with Crippen molar-refractivity contribution in [2.75, 3.05) is 39.6 Å². The van der Waals surface area contributed by atoms with Crippen LogP contribution in [0.2, 0.25) is 0 Å². The van der Waals surface area contributed by atoms with E-state index in [1.807, 2.05) is 0 Å². The molecule has 5 atom stereocenters. The molecule has 0 radical (unpaired) electrons. The fourth-order valence-electron chi connectivity index (χ4n) is 4.61. The van der Waals surface area contributed by atoms with Gasteiger partial charge in [0, 0.05) is 13.2 Å². The molecule has 0 aromatic heterocycles. The van der Waals surface area contributed by atoms with Gasteiger partial charge in [0.25, 0.3) is 0 Å². The molecule has 21 heavy (non-hydrogen) atoms. The molecule has 2 saturated carbocycles. The van der Waals surface area contributed by atoms with Crippen LogP contribution in [0.1, 0.15) is 38.5 Å². The highest BCUT2D eigenvalue weighted by Crippen LogP contribution is 2.60. The van der Waals surface area contributed by atoms with E-state index in [2.05, 4.69) is 0 Å². The standard InChI is InChI=1S/C17H28O4/c1-3-17(4-6-19-10-16-12-21-16)8-13(1)7-14(17)2-5-18-9-15-11-20-15/h13-16H,1-12H2. The van der Waals surface area contributed by atoms with Crippen LogP contribution in [-0.2, 0) is 18.9 Å². The third-order valence-corrected chi connectivity index (χ3v) is 6.00. The highest BCUT2D eigenvalue weighted by atomic mass is 16.6. The Morgan fingerprint density at radius 2 is 1.71 bits per heavy atom. The van der Waals surface area contributed by atoms with Crippen molar-refractivity contribution >= 4 is 0 Å². The summed E-state index contributed by atoms with van der Waals surface area (Å²) in [6, 6.07) is 0. The molecule has 2 aliphatic heterocycles. The Hall–Kier alpha value is -0.160. The maximum Gasteiger partial charge on any atom is 0.104 e. The quantitative estimate of drug-likeness (QED) is 0.459. The number of hydrogen-bond acceptors (Lipinski definition) is 4.